The number of benzene rings is 2. The zero-order valence-electron chi connectivity index (χ0n) is 15.6. The van der Waals surface area contributed by atoms with Crippen molar-refractivity contribution < 1.29 is 9.21 Å². The highest BCUT2D eigenvalue weighted by Crippen LogP contribution is 2.33. The second-order valence-corrected chi connectivity index (χ2v) is 7.14. The first-order valence-electron chi connectivity index (χ1n) is 9.28. The second-order valence-electron chi connectivity index (χ2n) is 6.70. The predicted molar refractivity (Wildman–Crippen MR) is 114 cm³/mol. The highest BCUT2D eigenvalue weighted by atomic mass is 35.5. The molecule has 148 valence electrons. The SMILES string of the molecule is O=C(Nc1nc2n(n1)C(c1ccc(Cl)cc1)C=C(c1ccccc1)N2)c1ccco1. The third kappa shape index (κ3) is 3.46. The van der Waals surface area contributed by atoms with Crippen molar-refractivity contribution in [2.24, 2.45) is 0 Å². The molecule has 0 fully saturated rings. The number of aromatic nitrogens is 3. The number of hydrogen-bond acceptors (Lipinski definition) is 5. The van der Waals surface area contributed by atoms with Gasteiger partial charge in [0.1, 0.15) is 6.04 Å². The Morgan fingerprint density at radius 3 is 2.60 bits per heavy atom. The maximum atomic E-state index is 12.3. The number of rotatable bonds is 4. The Bertz CT molecular complexity index is 1210. The van der Waals surface area contributed by atoms with Gasteiger partial charge in [-0.1, -0.05) is 54.1 Å². The van der Waals surface area contributed by atoms with Gasteiger partial charge in [0.25, 0.3) is 11.9 Å². The molecular formula is C22H16ClN5O2. The summed E-state index contributed by atoms with van der Waals surface area (Å²) in [7, 11) is 0. The minimum atomic E-state index is -0.415. The Balaban J connectivity index is 1.53. The average molecular weight is 418 g/mol. The maximum Gasteiger partial charge on any atom is 0.293 e. The summed E-state index contributed by atoms with van der Waals surface area (Å²) >= 11 is 6.07. The summed E-state index contributed by atoms with van der Waals surface area (Å²) in [4.78, 5) is 16.8. The number of fused-ring (bicyclic) bond motifs is 1. The van der Waals surface area contributed by atoms with Crippen molar-refractivity contribution in [2.45, 2.75) is 6.04 Å². The lowest BCUT2D eigenvalue weighted by molar-refractivity contribution is 0.0996. The zero-order valence-corrected chi connectivity index (χ0v) is 16.4. The molecule has 2 aromatic heterocycles. The summed E-state index contributed by atoms with van der Waals surface area (Å²) in [6, 6.07) is 20.5. The Hall–Kier alpha value is -3.84. The van der Waals surface area contributed by atoms with E-state index in [1.807, 2.05) is 54.6 Å². The molecule has 1 unspecified atom stereocenters. The van der Waals surface area contributed by atoms with Crippen molar-refractivity contribution in [2.75, 3.05) is 10.6 Å². The minimum absolute atomic E-state index is 0.181. The van der Waals surface area contributed by atoms with E-state index in [-0.39, 0.29) is 17.8 Å². The van der Waals surface area contributed by atoms with Crippen LogP contribution in [0.5, 0.6) is 0 Å². The molecule has 4 aromatic rings. The van der Waals surface area contributed by atoms with Crippen LogP contribution in [0, 0.1) is 0 Å². The smallest absolute Gasteiger partial charge is 0.293 e. The number of amides is 1. The number of anilines is 2. The fourth-order valence-electron chi connectivity index (χ4n) is 3.30. The number of allylic oxidation sites excluding steroid dienone is 1. The van der Waals surface area contributed by atoms with E-state index in [1.54, 1.807) is 16.8 Å². The summed E-state index contributed by atoms with van der Waals surface area (Å²) in [5.41, 5.74) is 2.91. The van der Waals surface area contributed by atoms with E-state index in [4.69, 9.17) is 16.0 Å². The molecule has 5 rings (SSSR count). The van der Waals surface area contributed by atoms with Gasteiger partial charge >= 0.3 is 0 Å². The van der Waals surface area contributed by atoms with Crippen molar-refractivity contribution in [1.82, 2.24) is 14.8 Å². The molecule has 3 heterocycles. The Morgan fingerprint density at radius 2 is 1.87 bits per heavy atom. The molecule has 1 atom stereocenters. The first-order valence-corrected chi connectivity index (χ1v) is 9.66. The van der Waals surface area contributed by atoms with Gasteiger partial charge in [-0.05, 0) is 41.5 Å². The summed E-state index contributed by atoms with van der Waals surface area (Å²) in [5.74, 6) is 0.474. The molecule has 2 aromatic carbocycles. The number of furan rings is 1. The van der Waals surface area contributed by atoms with Crippen LogP contribution in [0.4, 0.5) is 11.9 Å². The van der Waals surface area contributed by atoms with Crippen LogP contribution in [0.15, 0.2) is 83.5 Å². The largest absolute Gasteiger partial charge is 0.459 e. The van der Waals surface area contributed by atoms with Gasteiger partial charge in [0, 0.05) is 10.7 Å². The summed E-state index contributed by atoms with van der Waals surface area (Å²) in [5, 5.41) is 11.1. The number of carbonyl (C=O) groups excluding carboxylic acids is 1. The van der Waals surface area contributed by atoms with Crippen molar-refractivity contribution in [3.63, 3.8) is 0 Å². The van der Waals surface area contributed by atoms with Crippen molar-refractivity contribution in [3.8, 4) is 0 Å². The van der Waals surface area contributed by atoms with E-state index in [2.05, 4.69) is 26.8 Å². The molecule has 0 radical (unpaired) electrons. The standard InChI is InChI=1S/C22H16ClN5O2/c23-16-10-8-15(9-11-16)18-13-17(14-5-2-1-3-6-14)24-22-26-21(27-28(18)22)25-20(29)19-7-4-12-30-19/h1-13,18H,(H2,24,25,26,27,29). The van der Waals surface area contributed by atoms with Gasteiger partial charge in [0.15, 0.2) is 5.76 Å². The lowest BCUT2D eigenvalue weighted by atomic mass is 10.0. The molecule has 8 heteroatoms. The normalized spacial score (nSPS) is 15.1. The van der Waals surface area contributed by atoms with Gasteiger partial charge in [0.2, 0.25) is 5.95 Å². The van der Waals surface area contributed by atoms with Gasteiger partial charge in [0.05, 0.1) is 6.26 Å². The Kier molecular flexibility index (Phi) is 4.57. The molecule has 0 saturated carbocycles. The van der Waals surface area contributed by atoms with E-state index in [0.717, 1.165) is 16.8 Å². The number of hydrogen-bond donors (Lipinski definition) is 2. The zero-order chi connectivity index (χ0) is 20.5. The van der Waals surface area contributed by atoms with Crippen molar-refractivity contribution in [3.05, 3.63) is 101 Å². The van der Waals surface area contributed by atoms with E-state index >= 15 is 0 Å². The maximum absolute atomic E-state index is 12.3. The predicted octanol–water partition coefficient (Wildman–Crippen LogP) is 4.83. The molecule has 2 N–H and O–H groups in total. The van der Waals surface area contributed by atoms with Crippen LogP contribution in [-0.4, -0.2) is 20.7 Å². The number of halogens is 1. The van der Waals surface area contributed by atoms with Crippen LogP contribution >= 0.6 is 11.6 Å². The molecular weight excluding hydrogens is 402 g/mol. The lowest BCUT2D eigenvalue weighted by Gasteiger charge is -2.24. The molecule has 0 spiro atoms. The number of carbonyl (C=O) groups is 1. The van der Waals surface area contributed by atoms with E-state index in [9.17, 15) is 4.79 Å². The fourth-order valence-corrected chi connectivity index (χ4v) is 3.43. The monoisotopic (exact) mass is 417 g/mol. The quantitative estimate of drug-likeness (QED) is 0.496. The summed E-state index contributed by atoms with van der Waals surface area (Å²) in [6.07, 6.45) is 3.51. The van der Waals surface area contributed by atoms with Crippen LogP contribution in [-0.2, 0) is 0 Å². The van der Waals surface area contributed by atoms with E-state index < -0.39 is 5.91 Å². The molecule has 7 nitrogen and oxygen atoms in total. The van der Waals surface area contributed by atoms with Crippen LogP contribution in [0.1, 0.15) is 27.7 Å². The van der Waals surface area contributed by atoms with Crippen LogP contribution in [0.3, 0.4) is 0 Å². The third-order valence-corrected chi connectivity index (χ3v) is 4.98. The van der Waals surface area contributed by atoms with Crippen LogP contribution in [0.25, 0.3) is 5.70 Å². The number of nitrogens with zero attached hydrogens (tertiary/aromatic N) is 3. The Morgan fingerprint density at radius 1 is 1.07 bits per heavy atom. The molecule has 1 amide bonds. The fraction of sp³-hybridized carbons (Fsp3) is 0.0455. The van der Waals surface area contributed by atoms with Gasteiger partial charge in [-0.15, -0.1) is 5.10 Å². The summed E-state index contributed by atoms with van der Waals surface area (Å²) < 4.78 is 6.86. The first-order chi connectivity index (χ1) is 14.7. The van der Waals surface area contributed by atoms with Crippen molar-refractivity contribution >= 4 is 35.1 Å². The van der Waals surface area contributed by atoms with Gasteiger partial charge < -0.3 is 9.73 Å². The van der Waals surface area contributed by atoms with Gasteiger partial charge in [-0.25, -0.2) is 4.68 Å². The Labute approximate surface area is 177 Å². The highest BCUT2D eigenvalue weighted by molar-refractivity contribution is 6.30. The molecule has 0 saturated heterocycles. The highest BCUT2D eigenvalue weighted by Gasteiger charge is 2.26. The second kappa shape index (κ2) is 7.53. The van der Waals surface area contributed by atoms with E-state index in [0.29, 0.717) is 11.0 Å². The van der Waals surface area contributed by atoms with Gasteiger partial charge in [-0.2, -0.15) is 4.98 Å². The van der Waals surface area contributed by atoms with Gasteiger partial charge in [-0.3, -0.25) is 10.1 Å². The topological polar surface area (TPSA) is 85.0 Å². The molecule has 0 aliphatic carbocycles. The number of nitrogens with one attached hydrogen (secondary N) is 2. The molecule has 1 aliphatic rings. The molecule has 1 aliphatic heterocycles. The molecule has 30 heavy (non-hydrogen) atoms. The summed E-state index contributed by atoms with van der Waals surface area (Å²) in [6.45, 7) is 0. The van der Waals surface area contributed by atoms with Crippen molar-refractivity contribution in [1.29, 1.82) is 0 Å². The van der Waals surface area contributed by atoms with E-state index in [1.165, 1.54) is 6.26 Å². The molecule has 0 bridgehead atoms. The first kappa shape index (κ1) is 18.2. The van der Waals surface area contributed by atoms with Crippen LogP contribution in [0.2, 0.25) is 5.02 Å². The lowest BCUT2D eigenvalue weighted by Crippen LogP contribution is -2.20. The third-order valence-electron chi connectivity index (χ3n) is 4.73. The van der Waals surface area contributed by atoms with Crippen LogP contribution < -0.4 is 10.6 Å². The minimum Gasteiger partial charge on any atom is -0.459 e. The average Bonchev–Trinajstić information content (AvgIpc) is 3.44.